The molecule has 0 radical (unpaired) electrons. The molecule has 0 aliphatic carbocycles. The van der Waals surface area contributed by atoms with E-state index in [1.165, 1.54) is 12.3 Å². The topological polar surface area (TPSA) is 77.8 Å². The lowest BCUT2D eigenvalue weighted by Crippen LogP contribution is -2.33. The first-order valence-electron chi connectivity index (χ1n) is 8.87. The van der Waals surface area contributed by atoms with Gasteiger partial charge in [0.05, 0.1) is 13.4 Å². The van der Waals surface area contributed by atoms with Crippen LogP contribution in [0.1, 0.15) is 27.8 Å². The fourth-order valence-electron chi connectivity index (χ4n) is 2.68. The van der Waals surface area contributed by atoms with Crippen molar-refractivity contribution in [2.45, 2.75) is 12.5 Å². The lowest BCUT2D eigenvalue weighted by molar-refractivity contribution is -0.130. The van der Waals surface area contributed by atoms with Crippen molar-refractivity contribution in [3.63, 3.8) is 0 Å². The Morgan fingerprint density at radius 1 is 1.00 bits per heavy atom. The molecule has 1 aromatic heterocycles. The number of amides is 1. The molecule has 1 N–H and O–H groups in total. The zero-order valence-corrected chi connectivity index (χ0v) is 15.5. The molecule has 0 saturated heterocycles. The van der Waals surface area contributed by atoms with Crippen molar-refractivity contribution in [3.8, 4) is 5.75 Å². The van der Waals surface area contributed by atoms with Gasteiger partial charge in [-0.25, -0.2) is 4.79 Å². The van der Waals surface area contributed by atoms with Crippen molar-refractivity contribution >= 4 is 11.9 Å². The number of furan rings is 1. The van der Waals surface area contributed by atoms with Gasteiger partial charge in [0.25, 0.3) is 5.91 Å². The standard InChI is InChI=1S/C22H21NO5/c1-26-18-11-9-17(10-12-18)20(28-22(25)19-8-5-15-27-19)21(24)23-14-13-16-6-3-2-4-7-16/h2-12,15,20H,13-14H2,1H3,(H,23,24)/t20-/m1/s1. The van der Waals surface area contributed by atoms with Crippen molar-refractivity contribution in [1.82, 2.24) is 5.32 Å². The zero-order valence-electron chi connectivity index (χ0n) is 15.5. The van der Waals surface area contributed by atoms with E-state index in [4.69, 9.17) is 13.9 Å². The van der Waals surface area contributed by atoms with E-state index in [1.54, 1.807) is 37.4 Å². The maximum atomic E-state index is 12.7. The molecule has 0 bridgehead atoms. The first-order valence-corrected chi connectivity index (χ1v) is 8.87. The highest BCUT2D eigenvalue weighted by Gasteiger charge is 2.26. The molecular weight excluding hydrogens is 358 g/mol. The van der Waals surface area contributed by atoms with Crippen LogP contribution in [0.25, 0.3) is 0 Å². The average Bonchev–Trinajstić information content (AvgIpc) is 3.28. The highest BCUT2D eigenvalue weighted by atomic mass is 16.6. The molecular formula is C22H21NO5. The summed E-state index contributed by atoms with van der Waals surface area (Å²) in [5, 5.41) is 2.83. The third-order valence-electron chi connectivity index (χ3n) is 4.16. The second-order valence-corrected chi connectivity index (χ2v) is 6.06. The van der Waals surface area contributed by atoms with Gasteiger partial charge in [-0.3, -0.25) is 4.79 Å². The van der Waals surface area contributed by atoms with Crippen molar-refractivity contribution in [2.24, 2.45) is 0 Å². The normalized spacial score (nSPS) is 11.5. The van der Waals surface area contributed by atoms with E-state index >= 15 is 0 Å². The van der Waals surface area contributed by atoms with Crippen LogP contribution in [0.4, 0.5) is 0 Å². The van der Waals surface area contributed by atoms with E-state index in [1.807, 2.05) is 30.3 Å². The summed E-state index contributed by atoms with van der Waals surface area (Å²) in [5.41, 5.74) is 1.65. The Balaban J connectivity index is 1.70. The molecule has 1 heterocycles. The molecule has 2 aromatic carbocycles. The third kappa shape index (κ3) is 5.01. The monoisotopic (exact) mass is 379 g/mol. The van der Waals surface area contributed by atoms with E-state index in [9.17, 15) is 9.59 Å². The summed E-state index contributed by atoms with van der Waals surface area (Å²) in [4.78, 5) is 25.0. The number of methoxy groups -OCH3 is 1. The molecule has 144 valence electrons. The molecule has 3 aromatic rings. The summed E-state index contributed by atoms with van der Waals surface area (Å²) < 4.78 is 15.6. The maximum absolute atomic E-state index is 12.7. The molecule has 6 nitrogen and oxygen atoms in total. The number of ether oxygens (including phenoxy) is 2. The zero-order chi connectivity index (χ0) is 19.8. The van der Waals surface area contributed by atoms with Crippen molar-refractivity contribution in [2.75, 3.05) is 13.7 Å². The fraction of sp³-hybridized carbons (Fsp3) is 0.182. The van der Waals surface area contributed by atoms with Gasteiger partial charge in [-0.1, -0.05) is 42.5 Å². The van der Waals surface area contributed by atoms with E-state index in [2.05, 4.69) is 5.32 Å². The second kappa shape index (κ2) is 9.41. The highest BCUT2D eigenvalue weighted by molar-refractivity contribution is 5.90. The largest absolute Gasteiger partial charge is 0.497 e. The average molecular weight is 379 g/mol. The van der Waals surface area contributed by atoms with Crippen LogP contribution in [0.5, 0.6) is 5.75 Å². The summed E-state index contributed by atoms with van der Waals surface area (Å²) in [6.07, 6.45) is 0.951. The molecule has 1 atom stereocenters. The summed E-state index contributed by atoms with van der Waals surface area (Å²) >= 11 is 0. The molecule has 0 spiro atoms. The fourth-order valence-corrected chi connectivity index (χ4v) is 2.68. The number of carbonyl (C=O) groups excluding carboxylic acids is 2. The summed E-state index contributed by atoms with van der Waals surface area (Å²) in [7, 11) is 1.56. The number of nitrogens with one attached hydrogen (secondary N) is 1. The van der Waals surface area contributed by atoms with Crippen LogP contribution < -0.4 is 10.1 Å². The van der Waals surface area contributed by atoms with Crippen LogP contribution in [0.2, 0.25) is 0 Å². The highest BCUT2D eigenvalue weighted by Crippen LogP contribution is 2.22. The Bertz CT molecular complexity index is 888. The Hall–Kier alpha value is -3.54. The van der Waals surface area contributed by atoms with Gasteiger partial charge < -0.3 is 19.2 Å². The first-order chi connectivity index (χ1) is 13.7. The summed E-state index contributed by atoms with van der Waals surface area (Å²) in [5.74, 6) is -0.426. The molecule has 0 aliphatic heterocycles. The van der Waals surface area contributed by atoms with Crippen molar-refractivity contribution < 1.29 is 23.5 Å². The van der Waals surface area contributed by atoms with Crippen LogP contribution in [0.15, 0.2) is 77.4 Å². The number of rotatable bonds is 8. The Morgan fingerprint density at radius 2 is 1.75 bits per heavy atom. The lowest BCUT2D eigenvalue weighted by atomic mass is 10.1. The lowest BCUT2D eigenvalue weighted by Gasteiger charge is -2.18. The van der Waals surface area contributed by atoms with Crippen LogP contribution >= 0.6 is 0 Å². The minimum Gasteiger partial charge on any atom is -0.497 e. The Kier molecular flexibility index (Phi) is 6.46. The van der Waals surface area contributed by atoms with Gasteiger partial charge in [-0.15, -0.1) is 0 Å². The smallest absolute Gasteiger partial charge is 0.375 e. The van der Waals surface area contributed by atoms with E-state index in [0.717, 1.165) is 5.56 Å². The van der Waals surface area contributed by atoms with E-state index in [-0.39, 0.29) is 5.76 Å². The van der Waals surface area contributed by atoms with Gasteiger partial charge in [-0.2, -0.15) is 0 Å². The van der Waals surface area contributed by atoms with Crippen LogP contribution in [0.3, 0.4) is 0 Å². The predicted octanol–water partition coefficient (Wildman–Crippen LogP) is 3.55. The molecule has 6 heteroatoms. The number of carbonyl (C=O) groups is 2. The van der Waals surface area contributed by atoms with Crippen molar-refractivity contribution in [1.29, 1.82) is 0 Å². The van der Waals surface area contributed by atoms with Crippen LogP contribution in [-0.4, -0.2) is 25.5 Å². The quantitative estimate of drug-likeness (QED) is 0.606. The molecule has 28 heavy (non-hydrogen) atoms. The van der Waals surface area contributed by atoms with Gasteiger partial charge in [0.2, 0.25) is 11.9 Å². The van der Waals surface area contributed by atoms with Gasteiger partial charge in [0, 0.05) is 12.1 Å². The molecule has 0 saturated carbocycles. The molecule has 0 aliphatic rings. The molecule has 0 fully saturated rings. The predicted molar refractivity (Wildman–Crippen MR) is 103 cm³/mol. The Labute approximate surface area is 163 Å². The Morgan fingerprint density at radius 3 is 2.39 bits per heavy atom. The number of esters is 1. The van der Waals surface area contributed by atoms with Gasteiger partial charge in [0.1, 0.15) is 5.75 Å². The molecule has 3 rings (SSSR count). The first kappa shape index (κ1) is 19.2. The maximum Gasteiger partial charge on any atom is 0.375 e. The molecule has 0 unspecified atom stereocenters. The number of benzene rings is 2. The van der Waals surface area contributed by atoms with Crippen LogP contribution in [-0.2, 0) is 16.0 Å². The van der Waals surface area contributed by atoms with Gasteiger partial charge >= 0.3 is 5.97 Å². The minimum absolute atomic E-state index is 0.0376. The SMILES string of the molecule is COc1ccc([C@@H](OC(=O)c2ccco2)C(=O)NCCc2ccccc2)cc1. The summed E-state index contributed by atoms with van der Waals surface area (Å²) in [6, 6.07) is 19.7. The third-order valence-corrected chi connectivity index (χ3v) is 4.16. The second-order valence-electron chi connectivity index (χ2n) is 6.06. The summed E-state index contributed by atoms with van der Waals surface area (Å²) in [6.45, 7) is 0.424. The number of hydrogen-bond acceptors (Lipinski definition) is 5. The van der Waals surface area contributed by atoms with E-state index < -0.39 is 18.0 Å². The van der Waals surface area contributed by atoms with Gasteiger partial charge in [0.15, 0.2) is 0 Å². The van der Waals surface area contributed by atoms with Crippen molar-refractivity contribution in [3.05, 3.63) is 89.9 Å². The van der Waals surface area contributed by atoms with E-state index in [0.29, 0.717) is 24.3 Å². The minimum atomic E-state index is -1.10. The van der Waals surface area contributed by atoms with Gasteiger partial charge in [-0.05, 0) is 36.2 Å². The van der Waals surface area contributed by atoms with Crippen LogP contribution in [0, 0.1) is 0 Å². The molecule has 1 amide bonds. The number of hydrogen-bond donors (Lipinski definition) is 1.